The molecule has 1 rings (SSSR count). The maximum atomic E-state index is 13.9. The lowest BCUT2D eigenvalue weighted by atomic mass is 10.00. The zero-order valence-electron chi connectivity index (χ0n) is 37.6. The van der Waals surface area contributed by atoms with Crippen molar-refractivity contribution in [3.63, 3.8) is 0 Å². The quantitative estimate of drug-likeness (QED) is 0.0326. The lowest BCUT2D eigenvalue weighted by Crippen LogP contribution is -2.60. The van der Waals surface area contributed by atoms with Crippen molar-refractivity contribution in [3.8, 4) is 0 Å². The molecule has 8 amide bonds. The van der Waals surface area contributed by atoms with Gasteiger partial charge in [0, 0.05) is 6.42 Å². The van der Waals surface area contributed by atoms with Crippen molar-refractivity contribution in [1.82, 2.24) is 42.5 Å². The van der Waals surface area contributed by atoms with Crippen molar-refractivity contribution in [1.29, 1.82) is 0 Å². The van der Waals surface area contributed by atoms with Gasteiger partial charge in [-0.1, -0.05) is 64.4 Å². The van der Waals surface area contributed by atoms with Gasteiger partial charge in [0.05, 0.1) is 25.7 Å². The number of amides is 8. The summed E-state index contributed by atoms with van der Waals surface area (Å²) in [4.78, 5) is 116. The number of aliphatic carboxylic acids is 1. The fraction of sp³-hybridized carbons (Fsp3) is 0.643. The average Bonchev–Trinajstić information content (AvgIpc) is 3.24. The number of nitrogens with one attached hydrogen (secondary N) is 8. The smallest absolute Gasteiger partial charge is 0.326 e. The van der Waals surface area contributed by atoms with E-state index in [0.29, 0.717) is 50.8 Å². The summed E-state index contributed by atoms with van der Waals surface area (Å²) < 4.78 is 0. The number of carboxylic acid groups (broad SMARTS) is 1. The van der Waals surface area contributed by atoms with Gasteiger partial charge in [0.2, 0.25) is 47.3 Å². The maximum Gasteiger partial charge on any atom is 0.326 e. The van der Waals surface area contributed by atoms with Crippen LogP contribution in [0.2, 0.25) is 0 Å². The second-order valence-corrected chi connectivity index (χ2v) is 16.3. The third-order valence-electron chi connectivity index (χ3n) is 9.82. The Kier molecular flexibility index (Phi) is 26.7. The number of benzene rings is 1. The molecular weight excluding hydrogens is 835 g/mol. The first-order valence-corrected chi connectivity index (χ1v) is 21.6. The van der Waals surface area contributed by atoms with Crippen LogP contribution in [0, 0.1) is 11.8 Å². The molecule has 0 radical (unpaired) electrons. The molecule has 0 spiro atoms. The standard InChI is InChI=1S/C42H71N11O11/c1-24(2)19-31(42(63)64)52-40(61)32(23-54)49-34(56)22-47-38(59)30(20-27-13-7-6-8-14-27)51-41(62)35(25(3)4)53-39(60)29(16-10-12-18-44)50-36(57)26(5)48-33(55)21-46-37(58)28(45)15-9-11-17-43/h6-8,13-14,24-26,28-32,35,54H,9-12,15-23,43-45H2,1-5H3,(H,46,58)(H,47,59)(H,48,55)(H,49,56)(H,50,57)(H,51,62)(H,52,61)(H,53,60)(H,63,64)/t26-,28-,29-,30-,31-,32-,35-/m0/s1. The molecule has 0 aromatic heterocycles. The third-order valence-corrected chi connectivity index (χ3v) is 9.82. The van der Waals surface area contributed by atoms with Crippen LogP contribution in [0.1, 0.15) is 85.1 Å². The zero-order chi connectivity index (χ0) is 48.4. The highest BCUT2D eigenvalue weighted by Gasteiger charge is 2.33. The Hall–Kier alpha value is -5.71. The van der Waals surface area contributed by atoms with Gasteiger partial charge in [-0.15, -0.1) is 0 Å². The highest BCUT2D eigenvalue weighted by molar-refractivity contribution is 5.97. The lowest BCUT2D eigenvalue weighted by Gasteiger charge is -2.28. The monoisotopic (exact) mass is 906 g/mol. The van der Waals surface area contributed by atoms with Gasteiger partial charge in [0.1, 0.15) is 36.3 Å². The van der Waals surface area contributed by atoms with Gasteiger partial charge in [0.15, 0.2) is 0 Å². The van der Waals surface area contributed by atoms with Gasteiger partial charge in [-0.05, 0) is 75.9 Å². The first-order chi connectivity index (χ1) is 30.2. The van der Waals surface area contributed by atoms with Crippen LogP contribution >= 0.6 is 0 Å². The molecule has 1 aromatic carbocycles. The zero-order valence-corrected chi connectivity index (χ0v) is 37.6. The Bertz CT molecular complexity index is 1680. The van der Waals surface area contributed by atoms with E-state index < -0.39 is 121 Å². The predicted octanol–water partition coefficient (Wildman–Crippen LogP) is -3.25. The topological polar surface area (TPSA) is 368 Å². The summed E-state index contributed by atoms with van der Waals surface area (Å²) in [5, 5.41) is 39.0. The first-order valence-electron chi connectivity index (χ1n) is 21.6. The van der Waals surface area contributed by atoms with E-state index in [9.17, 15) is 53.4 Å². The van der Waals surface area contributed by atoms with Crippen LogP contribution in [0.5, 0.6) is 0 Å². The molecular formula is C42H71N11O11. The Balaban J connectivity index is 3.08. The fourth-order valence-electron chi connectivity index (χ4n) is 6.16. The van der Waals surface area contributed by atoms with Crippen LogP contribution in [-0.4, -0.2) is 139 Å². The number of hydrogen-bond acceptors (Lipinski definition) is 13. The molecule has 0 saturated carbocycles. The molecule has 360 valence electrons. The highest BCUT2D eigenvalue weighted by Crippen LogP contribution is 2.10. The van der Waals surface area contributed by atoms with E-state index in [4.69, 9.17) is 17.2 Å². The Labute approximate surface area is 374 Å². The number of aliphatic hydroxyl groups is 1. The number of hydrogen-bond donors (Lipinski definition) is 13. The van der Waals surface area contributed by atoms with E-state index in [-0.39, 0.29) is 25.2 Å². The van der Waals surface area contributed by atoms with Crippen molar-refractivity contribution < 1.29 is 53.4 Å². The molecule has 0 aliphatic heterocycles. The van der Waals surface area contributed by atoms with Crippen molar-refractivity contribution in [2.24, 2.45) is 29.0 Å². The van der Waals surface area contributed by atoms with E-state index in [1.165, 1.54) is 6.92 Å². The lowest BCUT2D eigenvalue weighted by molar-refractivity contribution is -0.143. The molecule has 64 heavy (non-hydrogen) atoms. The highest BCUT2D eigenvalue weighted by atomic mass is 16.4. The van der Waals surface area contributed by atoms with Crippen molar-refractivity contribution >= 4 is 53.2 Å². The minimum Gasteiger partial charge on any atom is -0.480 e. The average molecular weight is 906 g/mol. The number of unbranched alkanes of at least 4 members (excludes halogenated alkanes) is 2. The molecule has 22 nitrogen and oxygen atoms in total. The molecule has 7 atom stereocenters. The number of rotatable bonds is 31. The molecule has 0 fully saturated rings. The second-order valence-electron chi connectivity index (χ2n) is 16.3. The molecule has 22 heteroatoms. The fourth-order valence-corrected chi connectivity index (χ4v) is 6.16. The number of carbonyl (C=O) groups excluding carboxylic acids is 8. The third kappa shape index (κ3) is 22.1. The molecule has 16 N–H and O–H groups in total. The molecule has 0 aliphatic rings. The Morgan fingerprint density at radius 1 is 0.578 bits per heavy atom. The number of nitrogens with two attached hydrogens (primary N) is 3. The summed E-state index contributed by atoms with van der Waals surface area (Å²) in [5.74, 6) is -7.97. The molecule has 0 saturated heterocycles. The van der Waals surface area contributed by atoms with E-state index in [0.717, 1.165) is 0 Å². The summed E-state index contributed by atoms with van der Waals surface area (Å²) in [6, 6.07) is 0.174. The van der Waals surface area contributed by atoms with E-state index in [1.54, 1.807) is 58.0 Å². The van der Waals surface area contributed by atoms with E-state index in [1.807, 2.05) is 0 Å². The Morgan fingerprint density at radius 3 is 1.66 bits per heavy atom. The van der Waals surface area contributed by atoms with Gasteiger partial charge in [0.25, 0.3) is 0 Å². The molecule has 1 aromatic rings. The molecule has 0 unspecified atom stereocenters. The van der Waals surface area contributed by atoms with Crippen molar-refractivity contribution in [3.05, 3.63) is 35.9 Å². The number of aliphatic hydroxyl groups excluding tert-OH is 1. The molecule has 0 aliphatic carbocycles. The van der Waals surface area contributed by atoms with Crippen LogP contribution in [-0.2, 0) is 49.6 Å². The van der Waals surface area contributed by atoms with Crippen molar-refractivity contribution in [2.45, 2.75) is 128 Å². The summed E-state index contributed by atoms with van der Waals surface area (Å²) in [5.41, 5.74) is 17.6. The van der Waals surface area contributed by atoms with Gasteiger partial charge in [-0.3, -0.25) is 38.4 Å². The summed E-state index contributed by atoms with van der Waals surface area (Å²) in [7, 11) is 0. The van der Waals surface area contributed by atoms with Crippen LogP contribution < -0.4 is 59.7 Å². The second kappa shape index (κ2) is 30.4. The van der Waals surface area contributed by atoms with Crippen LogP contribution in [0.25, 0.3) is 0 Å². The summed E-state index contributed by atoms with van der Waals surface area (Å²) in [6.07, 6.45) is 2.84. The molecule has 0 bridgehead atoms. The number of carboxylic acids is 1. The minimum absolute atomic E-state index is 0.0421. The van der Waals surface area contributed by atoms with Gasteiger partial charge >= 0.3 is 5.97 Å². The van der Waals surface area contributed by atoms with Gasteiger partial charge in [-0.2, -0.15) is 0 Å². The predicted molar refractivity (Wildman–Crippen MR) is 236 cm³/mol. The first kappa shape index (κ1) is 56.3. The summed E-state index contributed by atoms with van der Waals surface area (Å²) >= 11 is 0. The van der Waals surface area contributed by atoms with Gasteiger partial charge < -0.3 is 69.9 Å². The van der Waals surface area contributed by atoms with E-state index in [2.05, 4.69) is 42.5 Å². The van der Waals surface area contributed by atoms with Crippen molar-refractivity contribution in [2.75, 3.05) is 32.8 Å². The number of carbonyl (C=O) groups is 9. The Morgan fingerprint density at radius 2 is 1.11 bits per heavy atom. The minimum atomic E-state index is -1.53. The maximum absolute atomic E-state index is 13.9. The SMILES string of the molecule is CC(C)C[C@H](NC(=O)[C@H](CO)NC(=O)CNC(=O)[C@H](Cc1ccccc1)NC(=O)[C@@H](NC(=O)[C@H](CCCCN)NC(=O)[C@H](C)NC(=O)CNC(=O)[C@@H](N)CCCCN)C(C)C)C(=O)O. The van der Waals surface area contributed by atoms with Crippen LogP contribution in [0.3, 0.4) is 0 Å². The van der Waals surface area contributed by atoms with Gasteiger partial charge in [-0.25, -0.2) is 4.79 Å². The normalized spacial score (nSPS) is 14.4. The van der Waals surface area contributed by atoms with Crippen LogP contribution in [0.4, 0.5) is 0 Å². The summed E-state index contributed by atoms with van der Waals surface area (Å²) in [6.45, 7) is 6.99. The van der Waals surface area contributed by atoms with Crippen LogP contribution in [0.15, 0.2) is 30.3 Å². The largest absolute Gasteiger partial charge is 0.480 e. The molecule has 0 heterocycles. The van der Waals surface area contributed by atoms with E-state index >= 15 is 0 Å².